The number of anilines is 2. The molecule has 1 aliphatic carbocycles. The molecule has 2 aromatic carbocycles. The molecule has 0 spiro atoms. The van der Waals surface area contributed by atoms with Crippen molar-refractivity contribution < 1.29 is 13.2 Å². The van der Waals surface area contributed by atoms with Gasteiger partial charge >= 0.3 is 0 Å². The van der Waals surface area contributed by atoms with Crippen LogP contribution in [-0.2, 0) is 21.2 Å². The normalized spacial score (nSPS) is 16.4. The quantitative estimate of drug-likeness (QED) is 0.602. The van der Waals surface area contributed by atoms with Crippen LogP contribution >= 0.6 is 12.2 Å². The minimum atomic E-state index is -3.63. The van der Waals surface area contributed by atoms with Crippen LogP contribution in [0.15, 0.2) is 53.4 Å². The van der Waals surface area contributed by atoms with E-state index >= 15 is 0 Å². The van der Waals surface area contributed by atoms with Crippen LogP contribution in [0.3, 0.4) is 0 Å². The van der Waals surface area contributed by atoms with Crippen LogP contribution in [-0.4, -0.2) is 26.0 Å². The number of sulfonamides is 1. The SMILES string of the molecule is O=C(CCC1CCCCC1)NC(=S)Nc1ccc(S(=O)(=O)N2CCc3ccccc32)cc1. The molecule has 1 heterocycles. The molecule has 2 aromatic rings. The van der Waals surface area contributed by atoms with E-state index in [0.717, 1.165) is 17.7 Å². The number of amides is 1. The Balaban J connectivity index is 1.31. The molecule has 1 saturated carbocycles. The molecule has 8 heteroatoms. The molecule has 2 N–H and O–H groups in total. The van der Waals surface area contributed by atoms with Crippen molar-refractivity contribution >= 4 is 44.6 Å². The maximum Gasteiger partial charge on any atom is 0.264 e. The van der Waals surface area contributed by atoms with Crippen molar-refractivity contribution in [1.82, 2.24) is 5.32 Å². The van der Waals surface area contributed by atoms with Gasteiger partial charge in [-0.3, -0.25) is 9.10 Å². The van der Waals surface area contributed by atoms with Crippen molar-refractivity contribution in [2.75, 3.05) is 16.2 Å². The molecule has 0 bridgehead atoms. The number of benzene rings is 2. The molecule has 1 aliphatic heterocycles. The molecule has 4 rings (SSSR count). The molecular formula is C24H29N3O3S2. The first-order chi connectivity index (χ1) is 15.4. The minimum absolute atomic E-state index is 0.0834. The highest BCUT2D eigenvalue weighted by molar-refractivity contribution is 7.92. The number of rotatable bonds is 6. The van der Waals surface area contributed by atoms with Crippen LogP contribution in [0.1, 0.15) is 50.5 Å². The average Bonchev–Trinajstić information content (AvgIpc) is 3.24. The Morgan fingerprint density at radius 3 is 2.50 bits per heavy atom. The number of hydrogen-bond donors (Lipinski definition) is 2. The number of hydrogen-bond acceptors (Lipinski definition) is 4. The van der Waals surface area contributed by atoms with Crippen LogP contribution < -0.4 is 14.9 Å². The van der Waals surface area contributed by atoms with Gasteiger partial charge in [-0.1, -0.05) is 50.3 Å². The van der Waals surface area contributed by atoms with Gasteiger partial charge < -0.3 is 10.6 Å². The molecule has 0 saturated heterocycles. The number of para-hydroxylation sites is 1. The second-order valence-corrected chi connectivity index (χ2v) is 10.8. The summed E-state index contributed by atoms with van der Waals surface area (Å²) in [6.45, 7) is 0.443. The lowest BCUT2D eigenvalue weighted by Gasteiger charge is -2.21. The largest absolute Gasteiger partial charge is 0.332 e. The van der Waals surface area contributed by atoms with E-state index in [1.165, 1.54) is 36.4 Å². The van der Waals surface area contributed by atoms with Crippen molar-refractivity contribution in [1.29, 1.82) is 0 Å². The van der Waals surface area contributed by atoms with Crippen molar-refractivity contribution in [3.63, 3.8) is 0 Å². The topological polar surface area (TPSA) is 78.5 Å². The van der Waals surface area contributed by atoms with Gasteiger partial charge in [0, 0.05) is 18.7 Å². The van der Waals surface area contributed by atoms with Crippen molar-refractivity contribution in [3.8, 4) is 0 Å². The van der Waals surface area contributed by atoms with E-state index < -0.39 is 10.0 Å². The second-order valence-electron chi connectivity index (χ2n) is 8.53. The Morgan fingerprint density at radius 1 is 1.03 bits per heavy atom. The maximum atomic E-state index is 13.1. The van der Waals surface area contributed by atoms with Gasteiger partial charge in [0.05, 0.1) is 10.6 Å². The van der Waals surface area contributed by atoms with Crippen LogP contribution in [0, 0.1) is 5.92 Å². The Morgan fingerprint density at radius 2 is 1.75 bits per heavy atom. The summed E-state index contributed by atoms with van der Waals surface area (Å²) in [6, 6.07) is 14.0. The Hall–Kier alpha value is -2.45. The zero-order chi connectivity index (χ0) is 22.6. The molecule has 0 unspecified atom stereocenters. The molecule has 0 radical (unpaired) electrons. The van der Waals surface area contributed by atoms with Gasteiger partial charge in [-0.15, -0.1) is 0 Å². The lowest BCUT2D eigenvalue weighted by molar-refractivity contribution is -0.120. The first kappa shape index (κ1) is 22.7. The predicted octanol–water partition coefficient (Wildman–Crippen LogP) is 4.61. The average molecular weight is 472 g/mol. The third kappa shape index (κ3) is 5.30. The molecule has 32 heavy (non-hydrogen) atoms. The summed E-state index contributed by atoms with van der Waals surface area (Å²) in [5, 5.41) is 5.91. The van der Waals surface area contributed by atoms with Gasteiger partial charge in [-0.25, -0.2) is 8.42 Å². The molecule has 1 amide bonds. The lowest BCUT2D eigenvalue weighted by atomic mass is 9.86. The zero-order valence-corrected chi connectivity index (χ0v) is 19.7. The number of nitrogens with one attached hydrogen (secondary N) is 2. The molecule has 2 aliphatic rings. The van der Waals surface area contributed by atoms with E-state index in [9.17, 15) is 13.2 Å². The minimum Gasteiger partial charge on any atom is -0.332 e. The van der Waals surface area contributed by atoms with Crippen molar-refractivity contribution in [2.24, 2.45) is 5.92 Å². The van der Waals surface area contributed by atoms with Gasteiger partial charge in [0.25, 0.3) is 10.0 Å². The highest BCUT2D eigenvalue weighted by atomic mass is 32.2. The van der Waals surface area contributed by atoms with E-state index in [4.69, 9.17) is 12.2 Å². The summed E-state index contributed by atoms with van der Waals surface area (Å²) >= 11 is 5.25. The third-order valence-electron chi connectivity index (χ3n) is 6.30. The fraction of sp³-hybridized carbons (Fsp3) is 0.417. The molecule has 0 atom stereocenters. The van der Waals surface area contributed by atoms with Crippen LogP contribution in [0.2, 0.25) is 0 Å². The number of carbonyl (C=O) groups is 1. The van der Waals surface area contributed by atoms with E-state index in [1.807, 2.05) is 24.3 Å². The van der Waals surface area contributed by atoms with Crippen LogP contribution in [0.5, 0.6) is 0 Å². The van der Waals surface area contributed by atoms with E-state index in [-0.39, 0.29) is 15.9 Å². The summed E-state index contributed by atoms with van der Waals surface area (Å²) in [5.41, 5.74) is 2.41. The monoisotopic (exact) mass is 471 g/mol. The van der Waals surface area contributed by atoms with Crippen molar-refractivity contribution in [3.05, 3.63) is 54.1 Å². The van der Waals surface area contributed by atoms with E-state index in [0.29, 0.717) is 31.0 Å². The first-order valence-corrected chi connectivity index (χ1v) is 13.1. The Bertz CT molecular complexity index is 1080. The Kier molecular flexibility index (Phi) is 7.10. The number of thiocarbonyl (C=S) groups is 1. The van der Waals surface area contributed by atoms with E-state index in [2.05, 4.69) is 10.6 Å². The lowest BCUT2D eigenvalue weighted by Crippen LogP contribution is -2.34. The van der Waals surface area contributed by atoms with Gasteiger partial charge in [0.15, 0.2) is 5.11 Å². The molecule has 170 valence electrons. The van der Waals surface area contributed by atoms with Gasteiger partial charge in [-0.2, -0.15) is 0 Å². The summed E-state index contributed by atoms with van der Waals surface area (Å²) < 4.78 is 27.7. The molecule has 0 aromatic heterocycles. The highest BCUT2D eigenvalue weighted by Gasteiger charge is 2.30. The smallest absolute Gasteiger partial charge is 0.264 e. The zero-order valence-electron chi connectivity index (χ0n) is 18.0. The number of fused-ring (bicyclic) bond motifs is 1. The highest BCUT2D eigenvalue weighted by Crippen LogP contribution is 2.33. The van der Waals surface area contributed by atoms with Crippen molar-refractivity contribution in [2.45, 2.75) is 56.3 Å². The van der Waals surface area contributed by atoms with E-state index in [1.54, 1.807) is 24.3 Å². The van der Waals surface area contributed by atoms with Crippen LogP contribution in [0.4, 0.5) is 11.4 Å². The summed E-state index contributed by atoms with van der Waals surface area (Å²) in [6.07, 6.45) is 8.36. The number of carbonyl (C=O) groups excluding carboxylic acids is 1. The second kappa shape index (κ2) is 10.0. The van der Waals surface area contributed by atoms with Gasteiger partial charge in [0.1, 0.15) is 0 Å². The predicted molar refractivity (Wildman–Crippen MR) is 131 cm³/mol. The summed E-state index contributed by atoms with van der Waals surface area (Å²) in [4.78, 5) is 12.4. The first-order valence-electron chi connectivity index (χ1n) is 11.2. The molecule has 1 fully saturated rings. The maximum absolute atomic E-state index is 13.1. The number of nitrogens with zero attached hydrogens (tertiary/aromatic N) is 1. The standard InChI is InChI=1S/C24H29N3O3S2/c28-23(15-10-18-6-2-1-3-7-18)26-24(31)25-20-11-13-21(14-12-20)32(29,30)27-17-16-19-8-4-5-9-22(19)27/h4-5,8-9,11-14,18H,1-3,6-7,10,15-17H2,(H2,25,26,28,31). The third-order valence-corrected chi connectivity index (χ3v) is 8.33. The molecule has 6 nitrogen and oxygen atoms in total. The summed E-state index contributed by atoms with van der Waals surface area (Å²) in [5.74, 6) is 0.563. The molecular weight excluding hydrogens is 442 g/mol. The van der Waals surface area contributed by atoms with Crippen LogP contribution in [0.25, 0.3) is 0 Å². The fourth-order valence-corrected chi connectivity index (χ4v) is 6.29. The Labute approximate surface area is 195 Å². The fourth-order valence-electron chi connectivity index (χ4n) is 4.56. The summed E-state index contributed by atoms with van der Waals surface area (Å²) in [7, 11) is -3.63. The van der Waals surface area contributed by atoms with Gasteiger partial charge in [-0.05, 0) is 66.9 Å². The van der Waals surface area contributed by atoms with Gasteiger partial charge in [0.2, 0.25) is 5.91 Å².